The Kier molecular flexibility index (Phi) is 5.52. The van der Waals surface area contributed by atoms with Gasteiger partial charge in [-0.2, -0.15) is 5.10 Å². The van der Waals surface area contributed by atoms with Gasteiger partial charge in [-0.1, -0.05) is 18.2 Å². The molecule has 0 spiro atoms. The molecule has 0 bridgehead atoms. The molecule has 1 aliphatic carbocycles. The van der Waals surface area contributed by atoms with Crippen molar-refractivity contribution in [3.8, 4) is 0 Å². The molecule has 0 unspecified atom stereocenters. The Hall–Kier alpha value is -2.47. The molecule has 26 heavy (non-hydrogen) atoms. The SMILES string of the molecule is C=CCn1nc(C(=O)N(C)C)c2c1CC[C@H](NCc1ccc(F)cc1)C2. The lowest BCUT2D eigenvalue weighted by Gasteiger charge is -2.25. The first kappa shape index (κ1) is 18.3. The summed E-state index contributed by atoms with van der Waals surface area (Å²) in [7, 11) is 3.49. The molecule has 5 nitrogen and oxygen atoms in total. The molecule has 1 heterocycles. The first-order valence-corrected chi connectivity index (χ1v) is 8.88. The summed E-state index contributed by atoms with van der Waals surface area (Å²) in [6, 6.07) is 6.80. The highest BCUT2D eigenvalue weighted by Crippen LogP contribution is 2.26. The van der Waals surface area contributed by atoms with Crippen molar-refractivity contribution in [3.63, 3.8) is 0 Å². The number of fused-ring (bicyclic) bond motifs is 1. The van der Waals surface area contributed by atoms with Crippen LogP contribution in [0.2, 0.25) is 0 Å². The van der Waals surface area contributed by atoms with Gasteiger partial charge in [-0.25, -0.2) is 4.39 Å². The zero-order valence-corrected chi connectivity index (χ0v) is 15.3. The Morgan fingerprint density at radius 2 is 2.15 bits per heavy atom. The topological polar surface area (TPSA) is 50.2 Å². The molecular formula is C20H25FN4O. The molecule has 1 N–H and O–H groups in total. The number of carbonyl (C=O) groups is 1. The van der Waals surface area contributed by atoms with Gasteiger partial charge >= 0.3 is 0 Å². The smallest absolute Gasteiger partial charge is 0.274 e. The van der Waals surface area contributed by atoms with Crippen molar-refractivity contribution in [1.29, 1.82) is 0 Å². The van der Waals surface area contributed by atoms with Crippen molar-refractivity contribution < 1.29 is 9.18 Å². The fraction of sp³-hybridized carbons (Fsp3) is 0.400. The van der Waals surface area contributed by atoms with Gasteiger partial charge in [0.2, 0.25) is 0 Å². The molecule has 1 amide bonds. The zero-order chi connectivity index (χ0) is 18.7. The quantitative estimate of drug-likeness (QED) is 0.810. The predicted octanol–water partition coefficient (Wildman–Crippen LogP) is 2.56. The number of allylic oxidation sites excluding steroid dienone is 1. The van der Waals surface area contributed by atoms with E-state index in [1.807, 2.05) is 4.68 Å². The Morgan fingerprint density at radius 1 is 1.42 bits per heavy atom. The molecule has 1 aliphatic rings. The maximum atomic E-state index is 13.0. The molecule has 0 radical (unpaired) electrons. The van der Waals surface area contributed by atoms with Gasteiger partial charge in [-0.05, 0) is 37.0 Å². The van der Waals surface area contributed by atoms with E-state index in [4.69, 9.17) is 0 Å². The molecule has 2 aromatic rings. The Morgan fingerprint density at radius 3 is 2.81 bits per heavy atom. The molecule has 6 heteroatoms. The van der Waals surface area contributed by atoms with Crippen LogP contribution in [-0.4, -0.2) is 40.7 Å². The highest BCUT2D eigenvalue weighted by Gasteiger charge is 2.29. The molecule has 1 aromatic heterocycles. The number of nitrogens with zero attached hydrogens (tertiary/aromatic N) is 3. The van der Waals surface area contributed by atoms with Crippen LogP contribution < -0.4 is 5.32 Å². The number of halogens is 1. The second kappa shape index (κ2) is 7.83. The highest BCUT2D eigenvalue weighted by atomic mass is 19.1. The number of nitrogens with one attached hydrogen (secondary N) is 1. The number of aromatic nitrogens is 2. The molecule has 3 rings (SSSR count). The number of amides is 1. The minimum absolute atomic E-state index is 0.0664. The monoisotopic (exact) mass is 356 g/mol. The van der Waals surface area contributed by atoms with Gasteiger partial charge in [0.1, 0.15) is 5.82 Å². The number of hydrogen-bond donors (Lipinski definition) is 1. The van der Waals surface area contributed by atoms with Crippen molar-refractivity contribution in [2.75, 3.05) is 14.1 Å². The van der Waals surface area contributed by atoms with E-state index in [1.54, 1.807) is 37.2 Å². The van der Waals surface area contributed by atoms with Gasteiger partial charge in [0, 0.05) is 37.9 Å². The second-order valence-corrected chi connectivity index (χ2v) is 6.89. The van der Waals surface area contributed by atoms with Crippen LogP contribution in [0.1, 0.15) is 33.7 Å². The summed E-state index contributed by atoms with van der Waals surface area (Å²) < 4.78 is 14.9. The van der Waals surface area contributed by atoms with Crippen LogP contribution in [0.25, 0.3) is 0 Å². The molecule has 138 valence electrons. The predicted molar refractivity (Wildman–Crippen MR) is 99.5 cm³/mol. The van der Waals surface area contributed by atoms with Gasteiger partial charge in [0.25, 0.3) is 5.91 Å². The lowest BCUT2D eigenvalue weighted by atomic mass is 9.91. The van der Waals surface area contributed by atoms with Crippen LogP contribution in [-0.2, 0) is 25.9 Å². The van der Waals surface area contributed by atoms with Crippen molar-refractivity contribution in [3.05, 3.63) is 65.3 Å². The van der Waals surface area contributed by atoms with Crippen LogP contribution in [0.3, 0.4) is 0 Å². The second-order valence-electron chi connectivity index (χ2n) is 6.89. The highest BCUT2D eigenvalue weighted by molar-refractivity contribution is 5.93. The van der Waals surface area contributed by atoms with Gasteiger partial charge in [-0.15, -0.1) is 6.58 Å². The summed E-state index contributed by atoms with van der Waals surface area (Å²) >= 11 is 0. The van der Waals surface area contributed by atoms with Crippen LogP contribution in [0, 0.1) is 5.82 Å². The molecule has 1 aromatic carbocycles. The molecular weight excluding hydrogens is 331 g/mol. The molecule has 0 saturated heterocycles. The van der Waals surface area contributed by atoms with E-state index in [0.29, 0.717) is 18.8 Å². The average Bonchev–Trinajstić information content (AvgIpc) is 2.98. The number of rotatable bonds is 6. The van der Waals surface area contributed by atoms with E-state index in [2.05, 4.69) is 17.0 Å². The lowest BCUT2D eigenvalue weighted by molar-refractivity contribution is 0.0820. The van der Waals surface area contributed by atoms with Gasteiger partial charge in [0.15, 0.2) is 5.69 Å². The van der Waals surface area contributed by atoms with E-state index in [0.717, 1.165) is 36.1 Å². The fourth-order valence-corrected chi connectivity index (χ4v) is 3.38. The zero-order valence-electron chi connectivity index (χ0n) is 15.3. The first-order valence-electron chi connectivity index (χ1n) is 8.88. The third kappa shape index (κ3) is 3.85. The van der Waals surface area contributed by atoms with E-state index in [9.17, 15) is 9.18 Å². The third-order valence-corrected chi connectivity index (χ3v) is 4.77. The summed E-state index contributed by atoms with van der Waals surface area (Å²) in [5.74, 6) is -0.291. The van der Waals surface area contributed by atoms with E-state index < -0.39 is 0 Å². The van der Waals surface area contributed by atoms with Crippen LogP contribution >= 0.6 is 0 Å². The maximum absolute atomic E-state index is 13.0. The normalized spacial score (nSPS) is 16.2. The summed E-state index contributed by atoms with van der Waals surface area (Å²) in [6.45, 7) is 5.07. The Balaban J connectivity index is 1.76. The molecule has 0 fully saturated rings. The third-order valence-electron chi connectivity index (χ3n) is 4.77. The average molecular weight is 356 g/mol. The Labute approximate surface area is 153 Å². The van der Waals surface area contributed by atoms with Crippen molar-refractivity contribution >= 4 is 5.91 Å². The maximum Gasteiger partial charge on any atom is 0.274 e. The first-order chi connectivity index (χ1) is 12.5. The molecule has 1 atom stereocenters. The number of hydrogen-bond acceptors (Lipinski definition) is 3. The minimum atomic E-state index is -0.225. The van der Waals surface area contributed by atoms with Gasteiger partial charge < -0.3 is 10.2 Å². The summed E-state index contributed by atoms with van der Waals surface area (Å²) in [5, 5.41) is 8.08. The van der Waals surface area contributed by atoms with Crippen LogP contribution in [0.5, 0.6) is 0 Å². The Bertz CT molecular complexity index is 795. The van der Waals surface area contributed by atoms with E-state index in [-0.39, 0.29) is 17.8 Å². The molecule has 0 aliphatic heterocycles. The largest absolute Gasteiger partial charge is 0.343 e. The number of benzene rings is 1. The standard InChI is InChI=1S/C20H25FN4O/c1-4-11-25-18-10-9-16(22-13-14-5-7-15(21)8-6-14)12-17(18)19(23-25)20(26)24(2)3/h4-8,16,22H,1,9-13H2,2-3H3/t16-/m0/s1. The van der Waals surface area contributed by atoms with Gasteiger partial charge in [0.05, 0.1) is 6.54 Å². The van der Waals surface area contributed by atoms with E-state index >= 15 is 0 Å². The van der Waals surface area contributed by atoms with Crippen LogP contribution in [0.15, 0.2) is 36.9 Å². The van der Waals surface area contributed by atoms with Crippen molar-refractivity contribution in [2.45, 2.75) is 38.4 Å². The van der Waals surface area contributed by atoms with Crippen molar-refractivity contribution in [1.82, 2.24) is 20.0 Å². The fourth-order valence-electron chi connectivity index (χ4n) is 3.38. The van der Waals surface area contributed by atoms with Crippen molar-refractivity contribution in [2.24, 2.45) is 0 Å². The minimum Gasteiger partial charge on any atom is -0.343 e. The summed E-state index contributed by atoms with van der Waals surface area (Å²) in [6.07, 6.45) is 4.42. The van der Waals surface area contributed by atoms with E-state index in [1.165, 1.54) is 12.1 Å². The van der Waals surface area contributed by atoms with Gasteiger partial charge in [-0.3, -0.25) is 9.48 Å². The summed E-state index contributed by atoms with van der Waals surface area (Å²) in [5.41, 5.74) is 3.76. The lowest BCUT2D eigenvalue weighted by Crippen LogP contribution is -2.35. The summed E-state index contributed by atoms with van der Waals surface area (Å²) in [4.78, 5) is 14.1. The number of carbonyl (C=O) groups excluding carboxylic acids is 1. The van der Waals surface area contributed by atoms with Crippen LogP contribution in [0.4, 0.5) is 4.39 Å². The molecule has 0 saturated carbocycles.